The number of hydrogen-bond acceptors (Lipinski definition) is 6. The molecule has 0 unspecified atom stereocenters. The van der Waals surface area contributed by atoms with Crippen LogP contribution < -0.4 is 11.1 Å². The van der Waals surface area contributed by atoms with Crippen molar-refractivity contribution in [2.24, 2.45) is 5.73 Å². The summed E-state index contributed by atoms with van der Waals surface area (Å²) in [6.07, 6.45) is 3.23. The number of hydrazine groups is 1. The molecule has 0 fully saturated rings. The van der Waals surface area contributed by atoms with Crippen LogP contribution in [0.3, 0.4) is 0 Å². The number of guanidine groups is 1. The van der Waals surface area contributed by atoms with Crippen molar-refractivity contribution in [2.45, 2.75) is 6.54 Å². The summed E-state index contributed by atoms with van der Waals surface area (Å²) in [5.41, 5.74) is 5.05. The minimum atomic E-state index is -0.719. The van der Waals surface area contributed by atoms with E-state index in [2.05, 4.69) is 15.3 Å². The fourth-order valence-electron chi connectivity index (χ4n) is 1.10. The molecule has 0 bridgehead atoms. The van der Waals surface area contributed by atoms with Crippen LogP contribution in [0, 0.1) is 15.5 Å². The Kier molecular flexibility index (Phi) is 4.76. The van der Waals surface area contributed by atoms with E-state index in [1.807, 2.05) is 0 Å². The lowest BCUT2D eigenvalue weighted by molar-refractivity contribution is -0.629. The molecule has 0 saturated carbocycles. The first-order chi connectivity index (χ1) is 8.11. The highest BCUT2D eigenvalue weighted by Crippen LogP contribution is 1.88. The number of nitro groups is 1. The van der Waals surface area contributed by atoms with Crippen molar-refractivity contribution in [3.8, 4) is 0 Å². The molecule has 1 aromatic rings. The van der Waals surface area contributed by atoms with Gasteiger partial charge in [0.2, 0.25) is 0 Å². The van der Waals surface area contributed by atoms with E-state index in [0.717, 1.165) is 0 Å². The van der Waals surface area contributed by atoms with Gasteiger partial charge in [-0.05, 0) is 6.07 Å². The molecule has 0 radical (unpaired) electrons. The standard InChI is InChI=1S/C8H13N7O2/c9-8(10)14(15(16)17)5-4-11-6-7-12-2-1-3-13-7/h1-3,11H,4-6H2,(H3,9,10). The Morgan fingerprint density at radius 2 is 2.24 bits per heavy atom. The Hall–Kier alpha value is -2.29. The van der Waals surface area contributed by atoms with Gasteiger partial charge >= 0.3 is 0 Å². The van der Waals surface area contributed by atoms with Crippen molar-refractivity contribution < 1.29 is 5.03 Å². The first-order valence-electron chi connectivity index (χ1n) is 4.83. The third-order valence-electron chi connectivity index (χ3n) is 1.88. The molecule has 0 aliphatic heterocycles. The van der Waals surface area contributed by atoms with Crippen LogP contribution in [0.4, 0.5) is 0 Å². The van der Waals surface area contributed by atoms with Gasteiger partial charge in [-0.3, -0.25) is 5.41 Å². The van der Waals surface area contributed by atoms with Crippen LogP contribution in [0.1, 0.15) is 5.82 Å². The van der Waals surface area contributed by atoms with Crippen LogP contribution in [0.2, 0.25) is 0 Å². The fraction of sp³-hybridized carbons (Fsp3) is 0.375. The molecular formula is C8H13N7O2. The molecule has 1 rings (SSSR count). The maximum absolute atomic E-state index is 10.5. The molecule has 0 aliphatic rings. The van der Waals surface area contributed by atoms with Gasteiger partial charge in [0, 0.05) is 18.9 Å². The van der Waals surface area contributed by atoms with Gasteiger partial charge in [-0.1, -0.05) is 5.01 Å². The van der Waals surface area contributed by atoms with Crippen LogP contribution in [-0.2, 0) is 6.54 Å². The van der Waals surface area contributed by atoms with Gasteiger partial charge in [-0.25, -0.2) is 20.1 Å². The summed E-state index contributed by atoms with van der Waals surface area (Å²) < 4.78 is 0. The molecule has 0 aromatic carbocycles. The molecule has 9 heteroatoms. The number of aromatic nitrogens is 2. The van der Waals surface area contributed by atoms with Crippen molar-refractivity contribution >= 4 is 5.96 Å². The third-order valence-corrected chi connectivity index (χ3v) is 1.88. The van der Waals surface area contributed by atoms with Gasteiger partial charge in [0.15, 0.2) is 5.03 Å². The van der Waals surface area contributed by atoms with E-state index in [4.69, 9.17) is 11.1 Å². The zero-order chi connectivity index (χ0) is 12.7. The number of nitrogens with zero attached hydrogens (tertiary/aromatic N) is 4. The number of nitrogens with one attached hydrogen (secondary N) is 2. The van der Waals surface area contributed by atoms with Crippen molar-refractivity contribution in [1.82, 2.24) is 20.3 Å². The molecule has 4 N–H and O–H groups in total. The Bertz CT molecular complexity index is 369. The van der Waals surface area contributed by atoms with Crippen LogP contribution >= 0.6 is 0 Å². The maximum atomic E-state index is 10.5. The van der Waals surface area contributed by atoms with E-state index >= 15 is 0 Å². The molecule has 0 amide bonds. The molecule has 0 aliphatic carbocycles. The average molecular weight is 239 g/mol. The van der Waals surface area contributed by atoms with Gasteiger partial charge in [-0.2, -0.15) is 0 Å². The molecule has 0 saturated heterocycles. The lowest BCUT2D eigenvalue weighted by atomic mass is 10.5. The summed E-state index contributed by atoms with van der Waals surface area (Å²) >= 11 is 0. The monoisotopic (exact) mass is 239 g/mol. The van der Waals surface area contributed by atoms with Gasteiger partial charge < -0.3 is 11.1 Å². The van der Waals surface area contributed by atoms with E-state index in [0.29, 0.717) is 23.9 Å². The Balaban J connectivity index is 2.28. The number of nitrogens with two attached hydrogens (primary N) is 1. The van der Waals surface area contributed by atoms with Crippen molar-refractivity contribution in [1.29, 1.82) is 5.41 Å². The molecule has 0 atom stereocenters. The predicted molar refractivity (Wildman–Crippen MR) is 59.4 cm³/mol. The molecular weight excluding hydrogens is 226 g/mol. The zero-order valence-electron chi connectivity index (χ0n) is 9.04. The van der Waals surface area contributed by atoms with E-state index in [1.165, 1.54) is 0 Å². The SMILES string of the molecule is N=C(N)N(CCNCc1ncccn1)[N+](=O)[O-]. The average Bonchev–Trinajstić information content (AvgIpc) is 2.29. The minimum absolute atomic E-state index is 0.00909. The van der Waals surface area contributed by atoms with Crippen molar-refractivity contribution in [2.75, 3.05) is 13.1 Å². The van der Waals surface area contributed by atoms with E-state index in [1.54, 1.807) is 18.5 Å². The zero-order valence-corrected chi connectivity index (χ0v) is 9.04. The topological polar surface area (TPSA) is 134 Å². The van der Waals surface area contributed by atoms with Gasteiger partial charge in [0.1, 0.15) is 12.4 Å². The van der Waals surface area contributed by atoms with Crippen molar-refractivity contribution in [3.63, 3.8) is 0 Å². The summed E-state index contributed by atoms with van der Waals surface area (Å²) in [6.45, 7) is 0.721. The highest BCUT2D eigenvalue weighted by atomic mass is 16.7. The van der Waals surface area contributed by atoms with Crippen LogP contribution in [0.15, 0.2) is 18.5 Å². The normalized spacial score (nSPS) is 9.88. The first-order valence-corrected chi connectivity index (χ1v) is 4.83. The summed E-state index contributed by atoms with van der Waals surface area (Å²) in [7, 11) is 0. The van der Waals surface area contributed by atoms with Gasteiger partial charge in [0.05, 0.1) is 6.54 Å². The lowest BCUT2D eigenvalue weighted by Gasteiger charge is -2.11. The predicted octanol–water partition coefficient (Wildman–Crippen LogP) is -1.05. The Morgan fingerprint density at radius 3 is 2.76 bits per heavy atom. The second-order valence-electron chi connectivity index (χ2n) is 3.09. The number of rotatable bonds is 6. The fourth-order valence-corrected chi connectivity index (χ4v) is 1.10. The summed E-state index contributed by atoms with van der Waals surface area (Å²) in [6, 6.07) is 1.70. The first kappa shape index (κ1) is 12.8. The Labute approximate surface area is 97.3 Å². The summed E-state index contributed by atoms with van der Waals surface area (Å²) in [5, 5.41) is 20.2. The lowest BCUT2D eigenvalue weighted by Crippen LogP contribution is -2.44. The largest absolute Gasteiger partial charge is 0.365 e. The van der Waals surface area contributed by atoms with Gasteiger partial charge in [0.25, 0.3) is 5.96 Å². The van der Waals surface area contributed by atoms with E-state index in [-0.39, 0.29) is 6.54 Å². The molecule has 1 aromatic heterocycles. The number of hydrogen-bond donors (Lipinski definition) is 3. The van der Waals surface area contributed by atoms with Gasteiger partial charge in [-0.15, -0.1) is 0 Å². The van der Waals surface area contributed by atoms with Crippen molar-refractivity contribution in [3.05, 3.63) is 34.4 Å². The van der Waals surface area contributed by atoms with Crippen LogP contribution in [-0.4, -0.2) is 39.1 Å². The highest BCUT2D eigenvalue weighted by Gasteiger charge is 2.16. The van der Waals surface area contributed by atoms with Crippen LogP contribution in [0.5, 0.6) is 0 Å². The van der Waals surface area contributed by atoms with E-state index < -0.39 is 11.0 Å². The summed E-state index contributed by atoms with van der Waals surface area (Å²) in [4.78, 5) is 18.4. The molecule has 1 heterocycles. The maximum Gasteiger partial charge on any atom is 0.252 e. The smallest absolute Gasteiger partial charge is 0.252 e. The summed E-state index contributed by atoms with van der Waals surface area (Å²) in [5.74, 6) is 0.00994. The third kappa shape index (κ3) is 4.38. The van der Waals surface area contributed by atoms with E-state index in [9.17, 15) is 10.1 Å². The second-order valence-corrected chi connectivity index (χ2v) is 3.09. The second kappa shape index (κ2) is 6.33. The quantitative estimate of drug-likeness (QED) is 0.189. The minimum Gasteiger partial charge on any atom is -0.365 e. The molecule has 92 valence electrons. The molecule has 17 heavy (non-hydrogen) atoms. The van der Waals surface area contributed by atoms with Crippen LogP contribution in [0.25, 0.3) is 0 Å². The molecule has 9 nitrogen and oxygen atoms in total. The Morgan fingerprint density at radius 1 is 1.59 bits per heavy atom. The highest BCUT2D eigenvalue weighted by molar-refractivity contribution is 5.73. The molecule has 0 spiro atoms.